The first kappa shape index (κ1) is 16.3. The SMILES string of the molecule is COc1cccc(Nc2cc(Nc3ccc(Br)cc3C)ncn2)c1. The number of nitrogens with zero attached hydrogens (tertiary/aromatic N) is 2. The second kappa shape index (κ2) is 7.31. The van der Waals surface area contributed by atoms with E-state index in [1.54, 1.807) is 7.11 Å². The van der Waals surface area contributed by atoms with Crippen LogP contribution in [-0.2, 0) is 0 Å². The summed E-state index contributed by atoms with van der Waals surface area (Å²) >= 11 is 3.47. The molecule has 0 aliphatic heterocycles. The van der Waals surface area contributed by atoms with E-state index >= 15 is 0 Å². The Bertz CT molecular complexity index is 854. The third-order valence-corrected chi connectivity index (χ3v) is 3.95. The van der Waals surface area contributed by atoms with E-state index in [1.807, 2.05) is 49.4 Å². The fraction of sp³-hybridized carbons (Fsp3) is 0.111. The van der Waals surface area contributed by atoms with Crippen LogP contribution in [0.2, 0.25) is 0 Å². The summed E-state index contributed by atoms with van der Waals surface area (Å²) < 4.78 is 6.28. The third kappa shape index (κ3) is 4.02. The van der Waals surface area contributed by atoms with Gasteiger partial charge >= 0.3 is 0 Å². The van der Waals surface area contributed by atoms with Gasteiger partial charge in [0.15, 0.2) is 0 Å². The van der Waals surface area contributed by atoms with Crippen molar-refractivity contribution in [3.8, 4) is 5.75 Å². The second-order valence-corrected chi connectivity index (χ2v) is 6.15. The molecule has 0 aliphatic rings. The molecule has 0 amide bonds. The van der Waals surface area contributed by atoms with Crippen LogP contribution in [0.5, 0.6) is 5.75 Å². The number of anilines is 4. The van der Waals surface area contributed by atoms with Crippen LogP contribution in [0, 0.1) is 6.92 Å². The summed E-state index contributed by atoms with van der Waals surface area (Å²) in [5.41, 5.74) is 3.04. The highest BCUT2D eigenvalue weighted by Crippen LogP contribution is 2.25. The average molecular weight is 385 g/mol. The number of halogens is 1. The van der Waals surface area contributed by atoms with Crippen LogP contribution in [0.3, 0.4) is 0 Å². The quantitative estimate of drug-likeness (QED) is 0.644. The van der Waals surface area contributed by atoms with Crippen molar-refractivity contribution in [2.45, 2.75) is 6.92 Å². The Balaban J connectivity index is 1.78. The number of aromatic nitrogens is 2. The molecule has 5 nitrogen and oxygen atoms in total. The molecule has 0 unspecified atom stereocenters. The number of rotatable bonds is 5. The summed E-state index contributed by atoms with van der Waals surface area (Å²) in [4.78, 5) is 8.53. The highest BCUT2D eigenvalue weighted by Gasteiger charge is 2.04. The topological polar surface area (TPSA) is 59.1 Å². The summed E-state index contributed by atoms with van der Waals surface area (Å²) in [6.07, 6.45) is 1.53. The van der Waals surface area contributed by atoms with Crippen molar-refractivity contribution in [3.05, 3.63) is 64.9 Å². The van der Waals surface area contributed by atoms with E-state index in [4.69, 9.17) is 4.74 Å². The molecule has 0 aliphatic carbocycles. The minimum absolute atomic E-state index is 0.704. The zero-order valence-corrected chi connectivity index (χ0v) is 15.0. The Hall–Kier alpha value is -2.60. The minimum atomic E-state index is 0.704. The Kier molecular flexibility index (Phi) is 4.96. The maximum atomic E-state index is 5.23. The van der Waals surface area contributed by atoms with Crippen LogP contribution in [0.1, 0.15) is 5.56 Å². The minimum Gasteiger partial charge on any atom is -0.497 e. The van der Waals surface area contributed by atoms with Gasteiger partial charge in [0.2, 0.25) is 0 Å². The van der Waals surface area contributed by atoms with E-state index < -0.39 is 0 Å². The maximum Gasteiger partial charge on any atom is 0.135 e. The van der Waals surface area contributed by atoms with Gasteiger partial charge in [-0.05, 0) is 42.8 Å². The van der Waals surface area contributed by atoms with E-state index in [-0.39, 0.29) is 0 Å². The Morgan fingerprint density at radius 1 is 0.958 bits per heavy atom. The molecule has 0 spiro atoms. The predicted octanol–water partition coefficient (Wildman–Crippen LogP) is 5.04. The van der Waals surface area contributed by atoms with Crippen molar-refractivity contribution in [1.29, 1.82) is 0 Å². The molecule has 3 aromatic rings. The molecule has 0 saturated carbocycles. The summed E-state index contributed by atoms with van der Waals surface area (Å²) in [6, 6.07) is 15.6. The first-order chi connectivity index (χ1) is 11.6. The summed E-state index contributed by atoms with van der Waals surface area (Å²) in [7, 11) is 1.65. The van der Waals surface area contributed by atoms with Gasteiger partial charge in [0, 0.05) is 28.0 Å². The van der Waals surface area contributed by atoms with Crippen LogP contribution in [-0.4, -0.2) is 17.1 Å². The summed E-state index contributed by atoms with van der Waals surface area (Å²) in [6.45, 7) is 2.05. The van der Waals surface area contributed by atoms with Crippen LogP contribution in [0.4, 0.5) is 23.0 Å². The van der Waals surface area contributed by atoms with Gasteiger partial charge in [-0.25, -0.2) is 9.97 Å². The number of aryl methyl sites for hydroxylation is 1. The number of methoxy groups -OCH3 is 1. The maximum absolute atomic E-state index is 5.23. The second-order valence-electron chi connectivity index (χ2n) is 5.23. The molecule has 0 saturated heterocycles. The number of hydrogen-bond acceptors (Lipinski definition) is 5. The van der Waals surface area contributed by atoms with E-state index in [9.17, 15) is 0 Å². The fourth-order valence-electron chi connectivity index (χ4n) is 2.25. The summed E-state index contributed by atoms with van der Waals surface area (Å²) in [5, 5.41) is 6.56. The van der Waals surface area contributed by atoms with E-state index in [0.29, 0.717) is 5.82 Å². The molecule has 3 rings (SSSR count). The standard InChI is InChI=1S/C18H17BrN4O/c1-12-8-13(19)6-7-16(12)23-18-10-17(20-11-21-18)22-14-4-3-5-15(9-14)24-2/h3-11H,1-2H3,(H2,20,21,22,23). The largest absolute Gasteiger partial charge is 0.497 e. The lowest BCUT2D eigenvalue weighted by atomic mass is 10.2. The molecule has 2 N–H and O–H groups in total. The number of nitrogens with one attached hydrogen (secondary N) is 2. The normalized spacial score (nSPS) is 10.3. The molecular weight excluding hydrogens is 368 g/mol. The van der Waals surface area contributed by atoms with Gasteiger partial charge in [0.05, 0.1) is 7.11 Å². The first-order valence-corrected chi connectivity index (χ1v) is 8.19. The van der Waals surface area contributed by atoms with Gasteiger partial charge in [0.25, 0.3) is 0 Å². The van der Waals surface area contributed by atoms with Gasteiger partial charge in [0.1, 0.15) is 23.7 Å². The molecule has 1 heterocycles. The third-order valence-electron chi connectivity index (χ3n) is 3.46. The first-order valence-electron chi connectivity index (χ1n) is 7.40. The fourth-order valence-corrected chi connectivity index (χ4v) is 2.72. The van der Waals surface area contributed by atoms with Crippen molar-refractivity contribution >= 4 is 38.9 Å². The number of benzene rings is 2. The molecule has 122 valence electrons. The van der Waals surface area contributed by atoms with Gasteiger partial charge in [-0.2, -0.15) is 0 Å². The zero-order chi connectivity index (χ0) is 16.9. The molecule has 0 bridgehead atoms. The van der Waals surface area contributed by atoms with Crippen molar-refractivity contribution in [2.75, 3.05) is 17.7 Å². The average Bonchev–Trinajstić information content (AvgIpc) is 2.58. The van der Waals surface area contributed by atoms with E-state index in [0.717, 1.165) is 33.0 Å². The van der Waals surface area contributed by atoms with Crippen molar-refractivity contribution in [2.24, 2.45) is 0 Å². The van der Waals surface area contributed by atoms with E-state index in [1.165, 1.54) is 6.33 Å². The Labute approximate surface area is 149 Å². The van der Waals surface area contributed by atoms with Gasteiger partial charge in [-0.1, -0.05) is 22.0 Å². The monoisotopic (exact) mass is 384 g/mol. The number of hydrogen-bond donors (Lipinski definition) is 2. The zero-order valence-electron chi connectivity index (χ0n) is 13.4. The Morgan fingerprint density at radius 2 is 1.75 bits per heavy atom. The van der Waals surface area contributed by atoms with Gasteiger partial charge in [-0.3, -0.25) is 0 Å². The van der Waals surface area contributed by atoms with Gasteiger partial charge in [-0.15, -0.1) is 0 Å². The lowest BCUT2D eigenvalue weighted by Gasteiger charge is -2.11. The Morgan fingerprint density at radius 3 is 2.50 bits per heavy atom. The molecular formula is C18H17BrN4O. The van der Waals surface area contributed by atoms with Gasteiger partial charge < -0.3 is 15.4 Å². The van der Waals surface area contributed by atoms with Crippen LogP contribution < -0.4 is 15.4 Å². The molecule has 0 radical (unpaired) electrons. The smallest absolute Gasteiger partial charge is 0.135 e. The lowest BCUT2D eigenvalue weighted by molar-refractivity contribution is 0.415. The highest BCUT2D eigenvalue weighted by atomic mass is 79.9. The molecule has 1 aromatic heterocycles. The van der Waals surface area contributed by atoms with Crippen molar-refractivity contribution < 1.29 is 4.74 Å². The molecule has 0 atom stereocenters. The molecule has 0 fully saturated rings. The lowest BCUT2D eigenvalue weighted by Crippen LogP contribution is -1.99. The molecule has 24 heavy (non-hydrogen) atoms. The molecule has 6 heteroatoms. The van der Waals surface area contributed by atoms with Crippen LogP contribution in [0.25, 0.3) is 0 Å². The predicted molar refractivity (Wildman–Crippen MR) is 100 cm³/mol. The van der Waals surface area contributed by atoms with Crippen molar-refractivity contribution in [1.82, 2.24) is 9.97 Å². The van der Waals surface area contributed by atoms with E-state index in [2.05, 4.69) is 42.6 Å². The molecule has 2 aromatic carbocycles. The van der Waals surface area contributed by atoms with Crippen molar-refractivity contribution in [3.63, 3.8) is 0 Å². The highest BCUT2D eigenvalue weighted by molar-refractivity contribution is 9.10. The van der Waals surface area contributed by atoms with Crippen LogP contribution in [0.15, 0.2) is 59.3 Å². The van der Waals surface area contributed by atoms with Crippen LogP contribution >= 0.6 is 15.9 Å². The summed E-state index contributed by atoms with van der Waals surface area (Å²) in [5.74, 6) is 2.22. The number of ether oxygens (including phenoxy) is 1.